The van der Waals surface area contributed by atoms with Crippen LogP contribution in [0.3, 0.4) is 0 Å². The number of carbonyl (C=O) groups is 1. The molecule has 1 aliphatic heterocycles. The smallest absolute Gasteiger partial charge is 0.251 e. The standard InChI is InChI=1S/C15H22N2O3/c1-19-13-7-12(8-14(9-13)20-2)15(18)17-6-4-11-3-5-16-10-11/h7-9,11,16H,3-6,10H2,1-2H3,(H,17,18). The van der Waals surface area contributed by atoms with E-state index in [0.29, 0.717) is 29.5 Å². The summed E-state index contributed by atoms with van der Waals surface area (Å²) in [6.45, 7) is 2.85. The summed E-state index contributed by atoms with van der Waals surface area (Å²) in [6.07, 6.45) is 2.21. The van der Waals surface area contributed by atoms with Crippen LogP contribution < -0.4 is 20.1 Å². The second-order valence-electron chi connectivity index (χ2n) is 5.00. The van der Waals surface area contributed by atoms with Crippen LogP contribution in [0.1, 0.15) is 23.2 Å². The van der Waals surface area contributed by atoms with Gasteiger partial charge >= 0.3 is 0 Å². The van der Waals surface area contributed by atoms with Crippen molar-refractivity contribution >= 4 is 5.91 Å². The van der Waals surface area contributed by atoms with Crippen molar-refractivity contribution < 1.29 is 14.3 Å². The Bertz CT molecular complexity index is 434. The molecule has 1 heterocycles. The Morgan fingerprint density at radius 2 is 2.00 bits per heavy atom. The number of hydrogen-bond acceptors (Lipinski definition) is 4. The van der Waals surface area contributed by atoms with E-state index in [9.17, 15) is 4.79 Å². The maximum atomic E-state index is 12.1. The summed E-state index contributed by atoms with van der Waals surface area (Å²) in [5, 5.41) is 6.28. The average Bonchev–Trinajstić information content (AvgIpc) is 2.99. The quantitative estimate of drug-likeness (QED) is 0.826. The summed E-state index contributed by atoms with van der Waals surface area (Å²) in [5.74, 6) is 1.83. The highest BCUT2D eigenvalue weighted by molar-refractivity contribution is 5.95. The molecule has 5 nitrogen and oxygen atoms in total. The molecule has 0 saturated carbocycles. The van der Waals surface area contributed by atoms with E-state index in [2.05, 4.69) is 10.6 Å². The van der Waals surface area contributed by atoms with Crippen LogP contribution in [0.25, 0.3) is 0 Å². The minimum absolute atomic E-state index is 0.0897. The van der Waals surface area contributed by atoms with Gasteiger partial charge in [0.15, 0.2) is 0 Å². The Balaban J connectivity index is 1.90. The number of ether oxygens (including phenoxy) is 2. The Hall–Kier alpha value is -1.75. The number of carbonyl (C=O) groups excluding carboxylic acids is 1. The Morgan fingerprint density at radius 1 is 1.30 bits per heavy atom. The third-order valence-electron chi connectivity index (χ3n) is 3.61. The first-order valence-corrected chi connectivity index (χ1v) is 6.95. The van der Waals surface area contributed by atoms with Crippen molar-refractivity contribution in [3.05, 3.63) is 23.8 Å². The predicted molar refractivity (Wildman–Crippen MR) is 77.5 cm³/mol. The molecule has 1 unspecified atom stereocenters. The molecule has 2 N–H and O–H groups in total. The summed E-state index contributed by atoms with van der Waals surface area (Å²) in [4.78, 5) is 12.1. The van der Waals surface area contributed by atoms with Gasteiger partial charge in [0.25, 0.3) is 5.91 Å². The molecule has 20 heavy (non-hydrogen) atoms. The fraction of sp³-hybridized carbons (Fsp3) is 0.533. The third-order valence-corrected chi connectivity index (χ3v) is 3.61. The fourth-order valence-corrected chi connectivity index (χ4v) is 2.39. The fourth-order valence-electron chi connectivity index (χ4n) is 2.39. The molecule has 1 atom stereocenters. The molecule has 2 rings (SSSR count). The van der Waals surface area contributed by atoms with Gasteiger partial charge in [0.1, 0.15) is 11.5 Å². The number of nitrogens with one attached hydrogen (secondary N) is 2. The first-order chi connectivity index (χ1) is 9.72. The second kappa shape index (κ2) is 7.14. The zero-order valence-electron chi connectivity index (χ0n) is 12.1. The topological polar surface area (TPSA) is 59.6 Å². The van der Waals surface area contributed by atoms with Crippen molar-refractivity contribution in [2.75, 3.05) is 33.9 Å². The molecule has 1 saturated heterocycles. The maximum absolute atomic E-state index is 12.1. The summed E-state index contributed by atoms with van der Waals surface area (Å²) in [7, 11) is 3.15. The van der Waals surface area contributed by atoms with Gasteiger partial charge in [-0.25, -0.2) is 0 Å². The van der Waals surface area contributed by atoms with Crippen LogP contribution in [-0.4, -0.2) is 39.8 Å². The Kier molecular flexibility index (Phi) is 5.24. The number of rotatable bonds is 6. The van der Waals surface area contributed by atoms with E-state index in [1.54, 1.807) is 32.4 Å². The monoisotopic (exact) mass is 278 g/mol. The predicted octanol–water partition coefficient (Wildman–Crippen LogP) is 1.43. The van der Waals surface area contributed by atoms with E-state index in [-0.39, 0.29) is 5.91 Å². The van der Waals surface area contributed by atoms with Gasteiger partial charge in [-0.2, -0.15) is 0 Å². The van der Waals surface area contributed by atoms with E-state index >= 15 is 0 Å². The number of methoxy groups -OCH3 is 2. The number of benzene rings is 1. The van der Waals surface area contributed by atoms with Crippen molar-refractivity contribution in [1.29, 1.82) is 0 Å². The van der Waals surface area contributed by atoms with Gasteiger partial charge in [-0.05, 0) is 44.0 Å². The van der Waals surface area contributed by atoms with Crippen molar-refractivity contribution in [3.8, 4) is 11.5 Å². The van der Waals surface area contributed by atoms with Crippen LogP contribution in [0.2, 0.25) is 0 Å². The molecule has 0 spiro atoms. The van der Waals surface area contributed by atoms with E-state index in [1.807, 2.05) is 0 Å². The molecule has 0 radical (unpaired) electrons. The second-order valence-corrected chi connectivity index (χ2v) is 5.00. The summed E-state index contributed by atoms with van der Waals surface area (Å²) in [5.41, 5.74) is 0.561. The lowest BCUT2D eigenvalue weighted by atomic mass is 10.1. The minimum Gasteiger partial charge on any atom is -0.497 e. The Morgan fingerprint density at radius 3 is 2.55 bits per heavy atom. The average molecular weight is 278 g/mol. The molecule has 1 amide bonds. The summed E-state index contributed by atoms with van der Waals surface area (Å²) in [6, 6.07) is 5.19. The van der Waals surface area contributed by atoms with Gasteiger partial charge in [0.2, 0.25) is 0 Å². The molecule has 1 aromatic rings. The molecule has 1 fully saturated rings. The van der Waals surface area contributed by atoms with Gasteiger partial charge in [-0.15, -0.1) is 0 Å². The molecule has 5 heteroatoms. The van der Waals surface area contributed by atoms with E-state index < -0.39 is 0 Å². The van der Waals surface area contributed by atoms with Crippen LogP contribution in [0.4, 0.5) is 0 Å². The summed E-state index contributed by atoms with van der Waals surface area (Å²) < 4.78 is 10.3. The van der Waals surface area contributed by atoms with Gasteiger partial charge in [-0.3, -0.25) is 4.79 Å². The maximum Gasteiger partial charge on any atom is 0.251 e. The lowest BCUT2D eigenvalue weighted by Gasteiger charge is -2.11. The Labute approximate surface area is 119 Å². The number of hydrogen-bond donors (Lipinski definition) is 2. The molecule has 0 aliphatic carbocycles. The van der Waals surface area contributed by atoms with Crippen molar-refractivity contribution in [2.45, 2.75) is 12.8 Å². The van der Waals surface area contributed by atoms with Crippen molar-refractivity contribution in [2.24, 2.45) is 5.92 Å². The number of amides is 1. The van der Waals surface area contributed by atoms with E-state index in [4.69, 9.17) is 9.47 Å². The van der Waals surface area contributed by atoms with E-state index in [0.717, 1.165) is 19.5 Å². The molecule has 1 aromatic carbocycles. The van der Waals surface area contributed by atoms with Gasteiger partial charge in [0, 0.05) is 18.2 Å². The van der Waals surface area contributed by atoms with Gasteiger partial charge < -0.3 is 20.1 Å². The molecule has 110 valence electrons. The minimum atomic E-state index is -0.0897. The third kappa shape index (κ3) is 3.87. The molecule has 0 bridgehead atoms. The lowest BCUT2D eigenvalue weighted by Crippen LogP contribution is -2.26. The first kappa shape index (κ1) is 14.7. The zero-order chi connectivity index (χ0) is 14.4. The summed E-state index contributed by atoms with van der Waals surface area (Å²) >= 11 is 0. The zero-order valence-corrected chi connectivity index (χ0v) is 12.1. The van der Waals surface area contributed by atoms with Crippen LogP contribution in [0.15, 0.2) is 18.2 Å². The molecular weight excluding hydrogens is 256 g/mol. The SMILES string of the molecule is COc1cc(OC)cc(C(=O)NCCC2CCNC2)c1. The highest BCUT2D eigenvalue weighted by Crippen LogP contribution is 2.22. The van der Waals surface area contributed by atoms with Crippen molar-refractivity contribution in [3.63, 3.8) is 0 Å². The molecule has 1 aliphatic rings. The largest absolute Gasteiger partial charge is 0.497 e. The molecular formula is C15H22N2O3. The van der Waals surface area contributed by atoms with Crippen LogP contribution in [0, 0.1) is 5.92 Å². The van der Waals surface area contributed by atoms with Crippen LogP contribution in [0.5, 0.6) is 11.5 Å². The highest BCUT2D eigenvalue weighted by Gasteiger charge is 2.15. The van der Waals surface area contributed by atoms with E-state index in [1.165, 1.54) is 6.42 Å². The molecule has 0 aromatic heterocycles. The lowest BCUT2D eigenvalue weighted by molar-refractivity contribution is 0.0951. The van der Waals surface area contributed by atoms with Crippen LogP contribution in [-0.2, 0) is 0 Å². The first-order valence-electron chi connectivity index (χ1n) is 6.95. The normalized spacial score (nSPS) is 17.8. The highest BCUT2D eigenvalue weighted by atomic mass is 16.5. The van der Waals surface area contributed by atoms with Crippen LogP contribution >= 0.6 is 0 Å². The van der Waals surface area contributed by atoms with Gasteiger partial charge in [0.05, 0.1) is 14.2 Å². The van der Waals surface area contributed by atoms with Crippen molar-refractivity contribution in [1.82, 2.24) is 10.6 Å². The van der Waals surface area contributed by atoms with Gasteiger partial charge in [-0.1, -0.05) is 0 Å².